The molecule has 0 spiro atoms. The van der Waals surface area contributed by atoms with Crippen molar-refractivity contribution in [2.24, 2.45) is 0 Å². The molecule has 114 valence electrons. The molecule has 0 amide bonds. The molecule has 6 heteroatoms. The van der Waals surface area contributed by atoms with E-state index in [1.165, 1.54) is 0 Å². The summed E-state index contributed by atoms with van der Waals surface area (Å²) in [5.74, 6) is 0.637. The zero-order valence-electron chi connectivity index (χ0n) is 12.1. The van der Waals surface area contributed by atoms with Crippen LogP contribution in [0.15, 0.2) is 22.7 Å². The monoisotopic (exact) mass is 372 g/mol. The molecule has 21 heavy (non-hydrogen) atoms. The molecule has 0 radical (unpaired) electrons. The van der Waals surface area contributed by atoms with Crippen LogP contribution in [0.25, 0.3) is 0 Å². The van der Waals surface area contributed by atoms with Gasteiger partial charge in [0.05, 0.1) is 27.5 Å². The van der Waals surface area contributed by atoms with Crippen molar-refractivity contribution in [3.63, 3.8) is 0 Å². The van der Waals surface area contributed by atoms with Crippen molar-refractivity contribution in [3.8, 4) is 5.75 Å². The van der Waals surface area contributed by atoms with Gasteiger partial charge in [-0.15, -0.1) is 0 Å². The summed E-state index contributed by atoms with van der Waals surface area (Å²) in [6.07, 6.45) is 0.787. The van der Waals surface area contributed by atoms with Crippen LogP contribution >= 0.6 is 27.5 Å². The van der Waals surface area contributed by atoms with E-state index >= 15 is 0 Å². The highest BCUT2D eigenvalue weighted by atomic mass is 79.9. The zero-order chi connectivity index (χ0) is 15.4. The maximum absolute atomic E-state index is 9.39. The summed E-state index contributed by atoms with van der Waals surface area (Å²) in [5.41, 5.74) is 2.47. The smallest absolute Gasteiger partial charge is 0.139 e. The van der Waals surface area contributed by atoms with E-state index in [0.29, 0.717) is 17.4 Å². The number of aliphatic hydroxyl groups excluding tert-OH is 1. The Kier molecular flexibility index (Phi) is 5.67. The summed E-state index contributed by atoms with van der Waals surface area (Å²) < 4.78 is 8.54. The Balaban J connectivity index is 2.26. The first-order valence-electron chi connectivity index (χ1n) is 6.87. The predicted octanol–water partition coefficient (Wildman–Crippen LogP) is 3.95. The first-order chi connectivity index (χ1) is 10.1. The normalized spacial score (nSPS) is 10.9. The molecule has 2 aromatic rings. The Morgan fingerprint density at radius 1 is 1.38 bits per heavy atom. The lowest BCUT2D eigenvalue weighted by Gasteiger charge is -2.13. The highest BCUT2D eigenvalue weighted by Gasteiger charge is 2.16. The van der Waals surface area contributed by atoms with E-state index in [1.807, 2.05) is 36.7 Å². The van der Waals surface area contributed by atoms with Crippen molar-refractivity contribution in [3.05, 3.63) is 44.6 Å². The Bertz CT molecular complexity index is 628. The molecule has 1 aromatic carbocycles. The third kappa shape index (κ3) is 3.42. The van der Waals surface area contributed by atoms with Crippen molar-refractivity contribution < 1.29 is 9.84 Å². The largest absolute Gasteiger partial charge is 0.486 e. The number of hydrogen-bond donors (Lipinski definition) is 1. The van der Waals surface area contributed by atoms with Crippen LogP contribution < -0.4 is 4.74 Å². The fourth-order valence-electron chi connectivity index (χ4n) is 2.14. The van der Waals surface area contributed by atoms with Crippen molar-refractivity contribution in [1.29, 1.82) is 0 Å². The molecule has 1 N–H and O–H groups in total. The summed E-state index contributed by atoms with van der Waals surface area (Å²) in [4.78, 5) is 0. The van der Waals surface area contributed by atoms with Crippen molar-refractivity contribution >= 4 is 27.5 Å². The highest BCUT2D eigenvalue weighted by Crippen LogP contribution is 2.31. The number of ether oxygens (including phenoxy) is 1. The minimum atomic E-state index is -0.0737. The quantitative estimate of drug-likeness (QED) is 0.834. The number of nitrogens with zero attached hydrogens (tertiary/aromatic N) is 2. The molecule has 0 unspecified atom stereocenters. The van der Waals surface area contributed by atoms with E-state index in [1.54, 1.807) is 0 Å². The number of rotatable bonds is 6. The number of hydrogen-bond acceptors (Lipinski definition) is 3. The summed E-state index contributed by atoms with van der Waals surface area (Å²) in [6.45, 7) is 5.02. The summed E-state index contributed by atoms with van der Waals surface area (Å²) in [7, 11) is 0. The molecule has 0 saturated carbocycles. The van der Waals surface area contributed by atoms with Gasteiger partial charge in [-0.2, -0.15) is 5.10 Å². The Morgan fingerprint density at radius 2 is 2.14 bits per heavy atom. The predicted molar refractivity (Wildman–Crippen MR) is 86.7 cm³/mol. The number of para-hydroxylation sites is 1. The van der Waals surface area contributed by atoms with Crippen LogP contribution in [0.3, 0.4) is 0 Å². The van der Waals surface area contributed by atoms with E-state index in [-0.39, 0.29) is 6.61 Å². The summed E-state index contributed by atoms with van der Waals surface area (Å²) in [6, 6.07) is 5.57. The topological polar surface area (TPSA) is 47.3 Å². The van der Waals surface area contributed by atoms with Crippen LogP contribution in [0, 0.1) is 0 Å². The SMILES string of the molecule is CCc1nn(CC)c(COc2c(Br)cccc2CO)c1Cl. The molecule has 4 nitrogen and oxygen atoms in total. The summed E-state index contributed by atoms with van der Waals surface area (Å²) in [5, 5.41) is 14.5. The molecule has 1 aromatic heterocycles. The van der Waals surface area contributed by atoms with Gasteiger partial charge in [0, 0.05) is 12.1 Å². The van der Waals surface area contributed by atoms with Crippen molar-refractivity contribution in [1.82, 2.24) is 9.78 Å². The number of aromatic nitrogens is 2. The van der Waals surface area contributed by atoms with Crippen molar-refractivity contribution in [2.45, 2.75) is 40.0 Å². The van der Waals surface area contributed by atoms with Crippen LogP contribution in [-0.4, -0.2) is 14.9 Å². The van der Waals surface area contributed by atoms with Gasteiger partial charge in [0.25, 0.3) is 0 Å². The molecule has 0 atom stereocenters. The lowest BCUT2D eigenvalue weighted by atomic mass is 10.2. The van der Waals surface area contributed by atoms with Gasteiger partial charge in [0.2, 0.25) is 0 Å². The lowest BCUT2D eigenvalue weighted by molar-refractivity contribution is 0.254. The Morgan fingerprint density at radius 3 is 2.76 bits per heavy atom. The standard InChI is InChI=1S/C15H18BrClN2O2/c1-3-12-14(17)13(19(4-2)18-12)9-21-15-10(8-20)6-5-7-11(15)16/h5-7,20H,3-4,8-9H2,1-2H3. The van der Waals surface area contributed by atoms with Crippen LogP contribution in [0.5, 0.6) is 5.75 Å². The number of halogens is 2. The third-order valence-electron chi connectivity index (χ3n) is 3.27. The Hall–Kier alpha value is -1.04. The molecule has 0 bridgehead atoms. The fourth-order valence-corrected chi connectivity index (χ4v) is 2.98. The van der Waals surface area contributed by atoms with Crippen molar-refractivity contribution in [2.75, 3.05) is 0 Å². The fraction of sp³-hybridized carbons (Fsp3) is 0.400. The molecule has 0 aliphatic carbocycles. The molecule has 0 fully saturated rings. The minimum absolute atomic E-state index is 0.0737. The number of benzene rings is 1. The minimum Gasteiger partial charge on any atom is -0.486 e. The first-order valence-corrected chi connectivity index (χ1v) is 8.04. The van der Waals surface area contributed by atoms with E-state index in [2.05, 4.69) is 21.0 Å². The highest BCUT2D eigenvalue weighted by molar-refractivity contribution is 9.10. The Labute approximate surface area is 137 Å². The van der Waals surface area contributed by atoms with Gasteiger partial charge in [-0.25, -0.2) is 0 Å². The van der Waals surface area contributed by atoms with Crippen LogP contribution in [0.2, 0.25) is 5.02 Å². The van der Waals surface area contributed by atoms with E-state index in [9.17, 15) is 5.11 Å². The number of aryl methyl sites for hydroxylation is 2. The van der Waals surface area contributed by atoms with Gasteiger partial charge in [-0.1, -0.05) is 30.7 Å². The van der Waals surface area contributed by atoms with Crippen LogP contribution in [0.4, 0.5) is 0 Å². The summed E-state index contributed by atoms with van der Waals surface area (Å²) >= 11 is 9.81. The molecular formula is C15H18BrClN2O2. The number of aliphatic hydroxyl groups is 1. The van der Waals surface area contributed by atoms with E-state index in [4.69, 9.17) is 16.3 Å². The average molecular weight is 374 g/mol. The second kappa shape index (κ2) is 7.29. The molecule has 0 saturated heterocycles. The molecule has 0 aliphatic rings. The maximum atomic E-state index is 9.39. The van der Waals surface area contributed by atoms with Crippen LogP contribution in [-0.2, 0) is 26.2 Å². The molecule has 1 heterocycles. The second-order valence-corrected chi connectivity index (χ2v) is 5.78. The molecular weight excluding hydrogens is 356 g/mol. The zero-order valence-corrected chi connectivity index (χ0v) is 14.4. The van der Waals surface area contributed by atoms with Gasteiger partial charge < -0.3 is 9.84 Å². The molecule has 0 aliphatic heterocycles. The molecule has 2 rings (SSSR count). The van der Waals surface area contributed by atoms with Gasteiger partial charge in [-0.05, 0) is 35.3 Å². The second-order valence-electron chi connectivity index (χ2n) is 4.55. The lowest BCUT2D eigenvalue weighted by Crippen LogP contribution is -2.07. The third-order valence-corrected chi connectivity index (χ3v) is 4.33. The van der Waals surface area contributed by atoms with E-state index < -0.39 is 0 Å². The first kappa shape index (κ1) is 16.3. The van der Waals surface area contributed by atoms with Crippen LogP contribution in [0.1, 0.15) is 30.8 Å². The van der Waals surface area contributed by atoms with Gasteiger partial charge in [-0.3, -0.25) is 4.68 Å². The van der Waals surface area contributed by atoms with Gasteiger partial charge in [0.1, 0.15) is 12.4 Å². The van der Waals surface area contributed by atoms with Gasteiger partial charge >= 0.3 is 0 Å². The average Bonchev–Trinajstić information content (AvgIpc) is 2.81. The van der Waals surface area contributed by atoms with E-state index in [0.717, 1.165) is 34.4 Å². The maximum Gasteiger partial charge on any atom is 0.139 e. The van der Waals surface area contributed by atoms with Gasteiger partial charge in [0.15, 0.2) is 0 Å².